The predicted octanol–water partition coefficient (Wildman–Crippen LogP) is 9.41. The number of aliphatic hydroxyl groups is 1. The van der Waals surface area contributed by atoms with Gasteiger partial charge in [0.2, 0.25) is 0 Å². The molecule has 5 rings (SSSR count). The van der Waals surface area contributed by atoms with Crippen molar-refractivity contribution in [2.75, 3.05) is 6.61 Å². The monoisotopic (exact) mass is 554 g/mol. The Kier molecular flexibility index (Phi) is 9.75. The van der Waals surface area contributed by atoms with Gasteiger partial charge >= 0.3 is 6.16 Å². The van der Waals surface area contributed by atoms with E-state index < -0.39 is 6.16 Å². The number of allylic oxidation sites excluding steroid dienone is 3. The van der Waals surface area contributed by atoms with E-state index in [4.69, 9.17) is 9.47 Å². The Bertz CT molecular complexity index is 924. The molecule has 0 aromatic heterocycles. The lowest BCUT2D eigenvalue weighted by Crippen LogP contribution is -2.51. The fourth-order valence-electron chi connectivity index (χ4n) is 10.3. The average molecular weight is 555 g/mol. The summed E-state index contributed by atoms with van der Waals surface area (Å²) in [6.07, 6.45) is 25.1. The second-order valence-electron chi connectivity index (χ2n) is 15.1. The standard InChI is InChI=1S/C36H58O4/c1-25(24-37)11-10-12-26(2)31-17-18-32-30-16-15-27-23-29(19-21-35(27,3)33(30)20-22-36(31,32)4)40-34(38)39-28-13-8-6-5-7-9-14-28/h5-6,15,25-26,28-33,37H,7-14,16-24H2,1-4H3/b6-5+/t25-,26-,28?,29+,30+,31-,32?,33?,35+,36-/m1/s1. The predicted molar refractivity (Wildman–Crippen MR) is 162 cm³/mol. The second-order valence-corrected chi connectivity index (χ2v) is 15.1. The fourth-order valence-corrected chi connectivity index (χ4v) is 10.3. The first kappa shape index (κ1) is 30.2. The number of aliphatic hydroxyl groups excluding tert-OH is 1. The molecule has 0 aromatic carbocycles. The van der Waals surface area contributed by atoms with Crippen molar-refractivity contribution in [1.82, 2.24) is 0 Å². The van der Waals surface area contributed by atoms with Crippen molar-refractivity contribution in [3.63, 3.8) is 0 Å². The fraction of sp³-hybridized carbons (Fsp3) is 0.861. The number of carbonyl (C=O) groups excluding carboxylic acids is 1. The molecule has 0 spiro atoms. The van der Waals surface area contributed by atoms with E-state index in [-0.39, 0.29) is 17.6 Å². The molecule has 0 aromatic rings. The highest BCUT2D eigenvalue weighted by Crippen LogP contribution is 2.67. The van der Waals surface area contributed by atoms with E-state index in [9.17, 15) is 9.90 Å². The lowest BCUT2D eigenvalue weighted by molar-refractivity contribution is -0.0642. The Labute approximate surface area is 244 Å². The molecule has 10 atom stereocenters. The van der Waals surface area contributed by atoms with Crippen molar-refractivity contribution in [2.24, 2.45) is 46.3 Å². The van der Waals surface area contributed by atoms with Crippen LogP contribution < -0.4 is 0 Å². The molecule has 0 radical (unpaired) electrons. The first-order valence-corrected chi connectivity index (χ1v) is 17.1. The van der Waals surface area contributed by atoms with E-state index in [2.05, 4.69) is 45.9 Å². The van der Waals surface area contributed by atoms with Crippen LogP contribution in [-0.2, 0) is 9.47 Å². The van der Waals surface area contributed by atoms with Gasteiger partial charge in [-0.3, -0.25) is 0 Å². The largest absolute Gasteiger partial charge is 0.508 e. The van der Waals surface area contributed by atoms with E-state index in [1.165, 1.54) is 44.9 Å². The molecule has 1 N–H and O–H groups in total. The van der Waals surface area contributed by atoms with E-state index in [1.54, 1.807) is 5.57 Å². The summed E-state index contributed by atoms with van der Waals surface area (Å²) in [6.45, 7) is 10.2. The van der Waals surface area contributed by atoms with Crippen LogP contribution in [0.15, 0.2) is 23.8 Å². The number of hydrogen-bond donors (Lipinski definition) is 1. The quantitative estimate of drug-likeness (QED) is 0.240. The summed E-state index contributed by atoms with van der Waals surface area (Å²) in [6, 6.07) is 0. The van der Waals surface area contributed by atoms with Gasteiger partial charge in [-0.15, -0.1) is 0 Å². The van der Waals surface area contributed by atoms with Crippen molar-refractivity contribution in [3.05, 3.63) is 23.8 Å². The van der Waals surface area contributed by atoms with Crippen LogP contribution in [0.1, 0.15) is 130 Å². The zero-order valence-corrected chi connectivity index (χ0v) is 26.0. The zero-order chi connectivity index (χ0) is 28.3. The van der Waals surface area contributed by atoms with Gasteiger partial charge in [-0.1, -0.05) is 64.3 Å². The third kappa shape index (κ3) is 6.23. The summed E-state index contributed by atoms with van der Waals surface area (Å²) in [5, 5.41) is 9.42. The third-order valence-corrected chi connectivity index (χ3v) is 12.7. The number of ether oxygens (including phenoxy) is 2. The molecule has 226 valence electrons. The lowest BCUT2D eigenvalue weighted by atomic mass is 9.47. The van der Waals surface area contributed by atoms with Crippen LogP contribution in [0.2, 0.25) is 0 Å². The molecule has 3 fully saturated rings. The Morgan fingerprint density at radius 3 is 2.58 bits per heavy atom. The van der Waals surface area contributed by atoms with Gasteiger partial charge in [-0.25, -0.2) is 4.79 Å². The molecule has 5 aliphatic carbocycles. The van der Waals surface area contributed by atoms with Gasteiger partial charge in [0.1, 0.15) is 12.2 Å². The number of fused-ring (bicyclic) bond motifs is 5. The molecule has 0 aliphatic heterocycles. The first-order chi connectivity index (χ1) is 19.2. The molecule has 0 saturated heterocycles. The van der Waals surface area contributed by atoms with Crippen LogP contribution in [-0.4, -0.2) is 30.1 Å². The van der Waals surface area contributed by atoms with Gasteiger partial charge < -0.3 is 14.6 Å². The molecule has 0 heterocycles. The van der Waals surface area contributed by atoms with Gasteiger partial charge in [-0.05, 0) is 130 Å². The molecule has 3 saturated carbocycles. The van der Waals surface area contributed by atoms with E-state index in [0.717, 1.165) is 87.4 Å². The normalized spacial score (nSPS) is 41.7. The summed E-state index contributed by atoms with van der Waals surface area (Å²) >= 11 is 0. The summed E-state index contributed by atoms with van der Waals surface area (Å²) < 4.78 is 11.7. The van der Waals surface area contributed by atoms with Gasteiger partial charge in [0.05, 0.1) is 0 Å². The van der Waals surface area contributed by atoms with Crippen LogP contribution in [0, 0.1) is 46.3 Å². The van der Waals surface area contributed by atoms with Crippen molar-refractivity contribution in [2.45, 2.75) is 143 Å². The summed E-state index contributed by atoms with van der Waals surface area (Å²) in [7, 11) is 0. The highest BCUT2D eigenvalue weighted by molar-refractivity contribution is 5.60. The average Bonchev–Trinajstić information content (AvgIpc) is 3.27. The Morgan fingerprint density at radius 1 is 0.950 bits per heavy atom. The topological polar surface area (TPSA) is 55.8 Å². The maximum atomic E-state index is 12.7. The maximum absolute atomic E-state index is 12.7. The molecule has 5 aliphatic rings. The molecule has 4 heteroatoms. The second kappa shape index (κ2) is 12.9. The van der Waals surface area contributed by atoms with Crippen molar-refractivity contribution in [1.29, 1.82) is 0 Å². The Morgan fingerprint density at radius 2 is 1.75 bits per heavy atom. The summed E-state index contributed by atoms with van der Waals surface area (Å²) in [5.41, 5.74) is 2.32. The number of hydrogen-bond acceptors (Lipinski definition) is 4. The van der Waals surface area contributed by atoms with Crippen molar-refractivity contribution < 1.29 is 19.4 Å². The van der Waals surface area contributed by atoms with E-state index >= 15 is 0 Å². The molecule has 40 heavy (non-hydrogen) atoms. The van der Waals surface area contributed by atoms with Gasteiger partial charge in [-0.2, -0.15) is 0 Å². The minimum absolute atomic E-state index is 0.000400. The number of carbonyl (C=O) groups is 1. The van der Waals surface area contributed by atoms with Crippen LogP contribution in [0.25, 0.3) is 0 Å². The highest BCUT2D eigenvalue weighted by Gasteiger charge is 2.59. The highest BCUT2D eigenvalue weighted by atomic mass is 16.7. The van der Waals surface area contributed by atoms with Crippen LogP contribution >= 0.6 is 0 Å². The summed E-state index contributed by atoms with van der Waals surface area (Å²) in [5.74, 6) is 4.52. The molecule has 4 nitrogen and oxygen atoms in total. The lowest BCUT2D eigenvalue weighted by Gasteiger charge is -2.58. The third-order valence-electron chi connectivity index (χ3n) is 12.7. The molecule has 3 unspecified atom stereocenters. The van der Waals surface area contributed by atoms with Crippen molar-refractivity contribution >= 4 is 6.16 Å². The van der Waals surface area contributed by atoms with Crippen LogP contribution in [0.3, 0.4) is 0 Å². The minimum Gasteiger partial charge on any atom is -0.431 e. The van der Waals surface area contributed by atoms with Gasteiger partial charge in [0.15, 0.2) is 0 Å². The Balaban J connectivity index is 1.18. The van der Waals surface area contributed by atoms with Gasteiger partial charge in [0.25, 0.3) is 0 Å². The molecule has 0 bridgehead atoms. The zero-order valence-electron chi connectivity index (χ0n) is 26.0. The van der Waals surface area contributed by atoms with E-state index in [0.29, 0.717) is 17.9 Å². The van der Waals surface area contributed by atoms with Crippen LogP contribution in [0.5, 0.6) is 0 Å². The molecular formula is C36H58O4. The smallest absolute Gasteiger partial charge is 0.431 e. The first-order valence-electron chi connectivity index (χ1n) is 17.1. The molecule has 0 amide bonds. The van der Waals surface area contributed by atoms with Gasteiger partial charge in [0, 0.05) is 13.0 Å². The summed E-state index contributed by atoms with van der Waals surface area (Å²) in [4.78, 5) is 12.7. The number of rotatable bonds is 8. The van der Waals surface area contributed by atoms with E-state index in [1.807, 2.05) is 0 Å². The Hall–Kier alpha value is -1.29. The van der Waals surface area contributed by atoms with Crippen molar-refractivity contribution in [3.8, 4) is 0 Å². The van der Waals surface area contributed by atoms with Crippen LogP contribution in [0.4, 0.5) is 4.79 Å². The SMILES string of the molecule is C[C@@H](CO)CCC[C@@H](C)[C@H]1CCC2[C@@H]3CC=C4C[C@@H](OC(=O)OC5CC/C=C/CCC5)CC[C@]4(C)C3CC[C@@]21C. The molecular weight excluding hydrogens is 496 g/mol. The minimum atomic E-state index is -0.442. The maximum Gasteiger partial charge on any atom is 0.508 e.